The van der Waals surface area contributed by atoms with Crippen LogP contribution in [0.2, 0.25) is 5.02 Å². The van der Waals surface area contributed by atoms with Gasteiger partial charge in [-0.05, 0) is 42.8 Å². The topological polar surface area (TPSA) is 77.2 Å². The summed E-state index contributed by atoms with van der Waals surface area (Å²) in [6.45, 7) is 0. The van der Waals surface area contributed by atoms with E-state index in [4.69, 9.17) is 20.9 Å². The van der Waals surface area contributed by atoms with Gasteiger partial charge in [-0.2, -0.15) is 13.8 Å². The van der Waals surface area contributed by atoms with E-state index in [2.05, 4.69) is 15.5 Å². The molecule has 1 N–H and O–H groups in total. The second-order valence-corrected chi connectivity index (χ2v) is 7.54. The average Bonchev–Trinajstić information content (AvgIpc) is 3.19. The Bertz CT molecular complexity index is 999. The van der Waals surface area contributed by atoms with E-state index in [0.717, 1.165) is 11.3 Å². The summed E-state index contributed by atoms with van der Waals surface area (Å²) >= 11 is 6.27. The summed E-state index contributed by atoms with van der Waals surface area (Å²) in [5.41, 5.74) is 1.05. The van der Waals surface area contributed by atoms with Crippen LogP contribution in [0, 0.1) is 0 Å². The van der Waals surface area contributed by atoms with Gasteiger partial charge in [0, 0.05) is 18.4 Å². The SMILES string of the molecule is COc1ccc(-c2noc(CCCC(=O)Nc3cccc(Cl)c3SC(F)F)n2)cc1. The number of carbonyl (C=O) groups excluding carboxylic acids is 1. The third-order valence-electron chi connectivity index (χ3n) is 4.06. The number of anilines is 1. The first-order chi connectivity index (χ1) is 14.5. The Morgan fingerprint density at radius 2 is 2.03 bits per heavy atom. The largest absolute Gasteiger partial charge is 0.497 e. The summed E-state index contributed by atoms with van der Waals surface area (Å²) in [5.74, 6) is -1.38. The minimum Gasteiger partial charge on any atom is -0.497 e. The van der Waals surface area contributed by atoms with Gasteiger partial charge in [-0.25, -0.2) is 0 Å². The Labute approximate surface area is 181 Å². The molecular weight excluding hydrogens is 436 g/mol. The Kier molecular flexibility index (Phi) is 7.64. The fraction of sp³-hybridized carbons (Fsp3) is 0.250. The number of thioether (sulfide) groups is 1. The lowest BCUT2D eigenvalue weighted by atomic mass is 10.2. The second-order valence-electron chi connectivity index (χ2n) is 6.14. The zero-order chi connectivity index (χ0) is 21.5. The van der Waals surface area contributed by atoms with Crippen molar-refractivity contribution >= 4 is 35.0 Å². The van der Waals surface area contributed by atoms with Gasteiger partial charge in [0.25, 0.3) is 5.76 Å². The molecule has 0 saturated carbocycles. The van der Waals surface area contributed by atoms with Gasteiger partial charge < -0.3 is 14.6 Å². The predicted molar refractivity (Wildman–Crippen MR) is 111 cm³/mol. The molecule has 0 unspecified atom stereocenters. The van der Waals surface area contributed by atoms with Crippen molar-refractivity contribution in [1.82, 2.24) is 10.1 Å². The van der Waals surface area contributed by atoms with Crippen LogP contribution in [0.1, 0.15) is 18.7 Å². The summed E-state index contributed by atoms with van der Waals surface area (Å²) in [5, 5.41) is 6.73. The number of hydrogen-bond acceptors (Lipinski definition) is 6. The van der Waals surface area contributed by atoms with E-state index in [-0.39, 0.29) is 27.9 Å². The van der Waals surface area contributed by atoms with E-state index in [1.54, 1.807) is 25.3 Å². The molecule has 0 aliphatic heterocycles. The quantitative estimate of drug-likeness (QED) is 0.420. The van der Waals surface area contributed by atoms with Crippen LogP contribution in [0.3, 0.4) is 0 Å². The van der Waals surface area contributed by atoms with E-state index in [9.17, 15) is 13.6 Å². The standard InChI is InChI=1S/C20H18ClF2N3O3S/c1-28-13-10-8-12(9-11-13)19-25-17(29-26-19)7-3-6-16(27)24-15-5-2-4-14(21)18(15)30-20(22)23/h2,4-5,8-11,20H,3,6-7H2,1H3,(H,24,27). The molecule has 3 rings (SSSR count). The van der Waals surface area contributed by atoms with Gasteiger partial charge in [0.1, 0.15) is 5.75 Å². The number of ether oxygens (including phenoxy) is 1. The Morgan fingerprint density at radius 3 is 2.73 bits per heavy atom. The third kappa shape index (κ3) is 5.93. The molecule has 0 fully saturated rings. The van der Waals surface area contributed by atoms with Crippen LogP contribution >= 0.6 is 23.4 Å². The van der Waals surface area contributed by atoms with E-state index in [1.807, 2.05) is 12.1 Å². The van der Waals surface area contributed by atoms with Crippen molar-refractivity contribution in [2.75, 3.05) is 12.4 Å². The highest BCUT2D eigenvalue weighted by atomic mass is 35.5. The van der Waals surface area contributed by atoms with Crippen molar-refractivity contribution in [1.29, 1.82) is 0 Å². The van der Waals surface area contributed by atoms with Crippen molar-refractivity contribution in [3.8, 4) is 17.1 Å². The first-order valence-corrected chi connectivity index (χ1v) is 10.2. The number of halogens is 3. The van der Waals surface area contributed by atoms with Crippen LogP contribution in [0.5, 0.6) is 5.75 Å². The molecule has 30 heavy (non-hydrogen) atoms. The lowest BCUT2D eigenvalue weighted by Crippen LogP contribution is -2.12. The number of aryl methyl sites for hydroxylation is 1. The van der Waals surface area contributed by atoms with E-state index in [0.29, 0.717) is 36.3 Å². The number of nitrogens with one attached hydrogen (secondary N) is 1. The van der Waals surface area contributed by atoms with Crippen LogP contribution in [0.25, 0.3) is 11.4 Å². The van der Waals surface area contributed by atoms with Gasteiger partial charge in [0.15, 0.2) is 0 Å². The molecule has 0 aliphatic carbocycles. The van der Waals surface area contributed by atoms with Gasteiger partial charge in [-0.15, -0.1) is 0 Å². The number of nitrogens with zero attached hydrogens (tertiary/aromatic N) is 2. The van der Waals surface area contributed by atoms with Crippen molar-refractivity contribution < 1.29 is 22.8 Å². The smallest absolute Gasteiger partial charge is 0.289 e. The maximum atomic E-state index is 12.7. The highest BCUT2D eigenvalue weighted by molar-refractivity contribution is 7.99. The van der Waals surface area contributed by atoms with Crippen LogP contribution in [0.4, 0.5) is 14.5 Å². The van der Waals surface area contributed by atoms with Gasteiger partial charge in [-0.1, -0.05) is 34.6 Å². The third-order valence-corrected chi connectivity index (χ3v) is 5.34. The monoisotopic (exact) mass is 453 g/mol. The molecule has 0 aliphatic rings. The molecule has 3 aromatic rings. The summed E-state index contributed by atoms with van der Waals surface area (Å²) in [6, 6.07) is 11.9. The number of aromatic nitrogens is 2. The van der Waals surface area contributed by atoms with Crippen LogP contribution in [-0.4, -0.2) is 28.9 Å². The molecule has 10 heteroatoms. The number of carbonyl (C=O) groups is 1. The first kappa shape index (κ1) is 22.0. The molecule has 1 aromatic heterocycles. The second kappa shape index (κ2) is 10.4. The van der Waals surface area contributed by atoms with Gasteiger partial charge >= 0.3 is 0 Å². The minimum atomic E-state index is -2.64. The molecule has 6 nitrogen and oxygen atoms in total. The Balaban J connectivity index is 1.53. The molecular formula is C20H18ClF2N3O3S. The molecule has 0 bridgehead atoms. The molecule has 1 heterocycles. The van der Waals surface area contributed by atoms with Crippen LogP contribution < -0.4 is 10.1 Å². The molecule has 158 valence electrons. The number of rotatable bonds is 9. The van der Waals surface area contributed by atoms with Crippen molar-refractivity contribution in [2.45, 2.75) is 29.9 Å². The predicted octanol–water partition coefficient (Wildman–Crippen LogP) is 5.67. The number of amides is 1. The van der Waals surface area contributed by atoms with Crippen molar-refractivity contribution in [3.63, 3.8) is 0 Å². The Hall–Kier alpha value is -2.65. The molecule has 1 amide bonds. The fourth-order valence-electron chi connectivity index (χ4n) is 2.64. The molecule has 2 aromatic carbocycles. The number of hydrogen-bond donors (Lipinski definition) is 1. The average molecular weight is 454 g/mol. The highest BCUT2D eigenvalue weighted by Gasteiger charge is 2.16. The first-order valence-electron chi connectivity index (χ1n) is 8.96. The minimum absolute atomic E-state index is 0.142. The maximum Gasteiger partial charge on any atom is 0.289 e. The van der Waals surface area contributed by atoms with Gasteiger partial charge in [0.05, 0.1) is 22.7 Å². The lowest BCUT2D eigenvalue weighted by Gasteiger charge is -2.11. The molecule has 0 saturated heterocycles. The number of alkyl halides is 2. The molecule has 0 spiro atoms. The lowest BCUT2D eigenvalue weighted by molar-refractivity contribution is -0.116. The van der Waals surface area contributed by atoms with E-state index in [1.165, 1.54) is 12.1 Å². The molecule has 0 atom stereocenters. The van der Waals surface area contributed by atoms with E-state index < -0.39 is 5.76 Å². The van der Waals surface area contributed by atoms with E-state index >= 15 is 0 Å². The highest BCUT2D eigenvalue weighted by Crippen LogP contribution is 2.37. The van der Waals surface area contributed by atoms with Gasteiger partial charge in [0.2, 0.25) is 17.6 Å². The van der Waals surface area contributed by atoms with Crippen LogP contribution in [0.15, 0.2) is 51.9 Å². The summed E-state index contributed by atoms with van der Waals surface area (Å²) < 4.78 is 35.8. The summed E-state index contributed by atoms with van der Waals surface area (Å²) in [7, 11) is 1.59. The van der Waals surface area contributed by atoms with Crippen LogP contribution in [-0.2, 0) is 11.2 Å². The van der Waals surface area contributed by atoms with Crippen molar-refractivity contribution in [3.05, 3.63) is 53.4 Å². The van der Waals surface area contributed by atoms with Gasteiger partial charge in [-0.3, -0.25) is 4.79 Å². The Morgan fingerprint density at radius 1 is 1.27 bits per heavy atom. The zero-order valence-corrected chi connectivity index (χ0v) is 17.5. The fourth-order valence-corrected chi connectivity index (χ4v) is 3.56. The number of benzene rings is 2. The normalized spacial score (nSPS) is 11.0. The van der Waals surface area contributed by atoms with Crippen molar-refractivity contribution in [2.24, 2.45) is 0 Å². The maximum absolute atomic E-state index is 12.7. The molecule has 0 radical (unpaired) electrons. The zero-order valence-electron chi connectivity index (χ0n) is 15.9. The number of methoxy groups -OCH3 is 1. The summed E-state index contributed by atoms with van der Waals surface area (Å²) in [6.07, 6.45) is 1.02. The summed E-state index contributed by atoms with van der Waals surface area (Å²) in [4.78, 5) is 16.7.